The van der Waals surface area contributed by atoms with E-state index in [2.05, 4.69) is 138 Å². The molecular formula is C41H40N4O. The van der Waals surface area contributed by atoms with Gasteiger partial charge in [-0.2, -0.15) is 5.10 Å². The van der Waals surface area contributed by atoms with Crippen LogP contribution in [0.4, 0.5) is 0 Å². The number of aromatic nitrogens is 4. The highest BCUT2D eigenvalue weighted by Gasteiger charge is 2.19. The van der Waals surface area contributed by atoms with Crippen molar-refractivity contribution in [2.75, 3.05) is 0 Å². The Kier molecular flexibility index (Phi) is 7.28. The van der Waals surface area contributed by atoms with Crippen LogP contribution in [0, 0.1) is 33.1 Å². The highest BCUT2D eigenvalue weighted by atomic mass is 16.5. The lowest BCUT2D eigenvalue weighted by Crippen LogP contribution is -2.08. The zero-order valence-corrected chi connectivity index (χ0v) is 27.7. The fourth-order valence-electron chi connectivity index (χ4n) is 6.69. The molecule has 0 fully saturated rings. The number of ether oxygens (including phenoxy) is 1. The number of rotatable bonds is 6. The number of hydrogen-bond donors (Lipinski definition) is 0. The molecule has 0 unspecified atom stereocenters. The molecule has 0 aliphatic heterocycles. The Hall–Kier alpha value is -5.16. The largest absolute Gasteiger partial charge is 0.457 e. The Morgan fingerprint density at radius 2 is 1.50 bits per heavy atom. The van der Waals surface area contributed by atoms with E-state index in [4.69, 9.17) is 14.8 Å². The van der Waals surface area contributed by atoms with Crippen LogP contribution in [0.1, 0.15) is 48.8 Å². The van der Waals surface area contributed by atoms with E-state index in [0.717, 1.165) is 57.4 Å². The first-order chi connectivity index (χ1) is 22.0. The smallest absolute Gasteiger partial charge is 0.137 e. The van der Waals surface area contributed by atoms with Gasteiger partial charge in [0.05, 0.1) is 22.4 Å². The first kappa shape index (κ1) is 29.5. The third kappa shape index (κ3) is 5.58. The number of fused-ring (bicyclic) bond motifs is 3. The zero-order valence-electron chi connectivity index (χ0n) is 27.7. The molecule has 5 heteroatoms. The van der Waals surface area contributed by atoms with Crippen LogP contribution >= 0.6 is 0 Å². The van der Waals surface area contributed by atoms with E-state index in [9.17, 15) is 0 Å². The third-order valence-corrected chi connectivity index (χ3v) is 8.54. The molecule has 0 aliphatic rings. The van der Waals surface area contributed by atoms with E-state index in [1.165, 1.54) is 33.0 Å². The first-order valence-corrected chi connectivity index (χ1v) is 16.0. The zero-order chi connectivity index (χ0) is 32.2. The van der Waals surface area contributed by atoms with Gasteiger partial charge in [0.1, 0.15) is 17.3 Å². The van der Waals surface area contributed by atoms with Gasteiger partial charge < -0.3 is 4.74 Å². The van der Waals surface area contributed by atoms with Crippen molar-refractivity contribution in [2.24, 2.45) is 5.41 Å². The lowest BCUT2D eigenvalue weighted by Gasteiger charge is -2.18. The molecule has 3 heterocycles. The van der Waals surface area contributed by atoms with Crippen molar-refractivity contribution in [2.45, 2.75) is 54.9 Å². The Bertz CT molecular complexity index is 2230. The molecule has 7 aromatic rings. The standard InChI is InChI=1S/C41H40N4O/c1-26-17-18-42-39(21-26)44-37-16-13-30(25-41(5,6)7)22-36(37)35-15-14-33(24-38(35)44)46-34-20-27(2)19-32(23-34)45-29(4)40(28(3)43-45)31-11-9-8-10-12-31/h8-24H,25H2,1-7H3. The van der Waals surface area contributed by atoms with Crippen molar-refractivity contribution >= 4 is 21.8 Å². The maximum atomic E-state index is 6.62. The summed E-state index contributed by atoms with van der Waals surface area (Å²) in [6.45, 7) is 15.3. The number of aryl methyl sites for hydroxylation is 3. The summed E-state index contributed by atoms with van der Waals surface area (Å²) in [4.78, 5) is 4.79. The van der Waals surface area contributed by atoms with Crippen LogP contribution in [0.15, 0.2) is 103 Å². The monoisotopic (exact) mass is 604 g/mol. The van der Waals surface area contributed by atoms with Crippen molar-refractivity contribution in [1.82, 2.24) is 19.3 Å². The number of pyridine rings is 1. The highest BCUT2D eigenvalue weighted by Crippen LogP contribution is 2.37. The molecule has 7 rings (SSSR count). The van der Waals surface area contributed by atoms with Gasteiger partial charge in [-0.1, -0.05) is 57.2 Å². The van der Waals surface area contributed by atoms with E-state index >= 15 is 0 Å². The van der Waals surface area contributed by atoms with Crippen LogP contribution in [0.2, 0.25) is 0 Å². The molecule has 0 atom stereocenters. The Morgan fingerprint density at radius 1 is 0.696 bits per heavy atom. The fraction of sp³-hybridized carbons (Fsp3) is 0.220. The van der Waals surface area contributed by atoms with Crippen LogP contribution in [-0.4, -0.2) is 19.3 Å². The van der Waals surface area contributed by atoms with Crippen LogP contribution in [-0.2, 0) is 6.42 Å². The van der Waals surface area contributed by atoms with Crippen molar-refractivity contribution in [3.8, 4) is 34.1 Å². The molecule has 0 radical (unpaired) electrons. The first-order valence-electron chi connectivity index (χ1n) is 16.0. The molecule has 0 N–H and O–H groups in total. The maximum Gasteiger partial charge on any atom is 0.137 e. The number of benzene rings is 4. The summed E-state index contributed by atoms with van der Waals surface area (Å²) in [6.07, 6.45) is 2.89. The van der Waals surface area contributed by atoms with Gasteiger partial charge in [0.15, 0.2) is 0 Å². The topological polar surface area (TPSA) is 44.9 Å². The molecule has 0 aliphatic carbocycles. The summed E-state index contributed by atoms with van der Waals surface area (Å²) in [5, 5.41) is 7.35. The van der Waals surface area contributed by atoms with E-state index in [-0.39, 0.29) is 5.41 Å². The van der Waals surface area contributed by atoms with E-state index in [0.29, 0.717) is 0 Å². The molecule has 5 nitrogen and oxygen atoms in total. The molecule has 3 aromatic heterocycles. The minimum atomic E-state index is 0.203. The fourth-order valence-corrected chi connectivity index (χ4v) is 6.69. The summed E-state index contributed by atoms with van der Waals surface area (Å²) in [5.41, 5.74) is 11.4. The average Bonchev–Trinajstić information content (AvgIpc) is 3.48. The molecule has 230 valence electrons. The van der Waals surface area contributed by atoms with E-state index in [1.54, 1.807) is 0 Å². The molecule has 4 aromatic carbocycles. The second-order valence-corrected chi connectivity index (χ2v) is 13.7. The minimum Gasteiger partial charge on any atom is -0.457 e. The second-order valence-electron chi connectivity index (χ2n) is 13.7. The van der Waals surface area contributed by atoms with Gasteiger partial charge in [-0.3, -0.25) is 4.57 Å². The molecule has 0 spiro atoms. The summed E-state index contributed by atoms with van der Waals surface area (Å²) in [7, 11) is 0. The summed E-state index contributed by atoms with van der Waals surface area (Å²) < 4.78 is 10.9. The number of nitrogens with zero attached hydrogens (tertiary/aromatic N) is 4. The third-order valence-electron chi connectivity index (χ3n) is 8.54. The molecular weight excluding hydrogens is 564 g/mol. The average molecular weight is 605 g/mol. The quantitative estimate of drug-likeness (QED) is 0.190. The summed E-state index contributed by atoms with van der Waals surface area (Å²) in [5.74, 6) is 2.44. The van der Waals surface area contributed by atoms with Crippen molar-refractivity contribution in [3.63, 3.8) is 0 Å². The van der Waals surface area contributed by atoms with Gasteiger partial charge in [-0.25, -0.2) is 9.67 Å². The van der Waals surface area contributed by atoms with Crippen LogP contribution in [0.3, 0.4) is 0 Å². The van der Waals surface area contributed by atoms with Crippen LogP contribution in [0.25, 0.3) is 44.4 Å². The van der Waals surface area contributed by atoms with Gasteiger partial charge in [0.25, 0.3) is 0 Å². The van der Waals surface area contributed by atoms with Gasteiger partial charge in [0.2, 0.25) is 0 Å². The van der Waals surface area contributed by atoms with Crippen molar-refractivity contribution in [1.29, 1.82) is 0 Å². The van der Waals surface area contributed by atoms with Gasteiger partial charge in [0, 0.05) is 40.4 Å². The molecule has 0 saturated carbocycles. The lowest BCUT2D eigenvalue weighted by atomic mass is 9.88. The SMILES string of the molecule is Cc1cc(Oc2ccc3c4cc(CC(C)(C)C)ccc4n(-c4cc(C)ccn4)c3c2)cc(-n2nc(C)c(-c3ccccc3)c2C)c1. The van der Waals surface area contributed by atoms with E-state index in [1.807, 2.05) is 23.0 Å². The Labute approximate surface area is 271 Å². The summed E-state index contributed by atoms with van der Waals surface area (Å²) in [6, 6.07) is 34.2. The molecule has 0 amide bonds. The second kappa shape index (κ2) is 11.3. The summed E-state index contributed by atoms with van der Waals surface area (Å²) >= 11 is 0. The molecule has 0 bridgehead atoms. The van der Waals surface area contributed by atoms with Gasteiger partial charge in [-0.05, 0) is 110 Å². The van der Waals surface area contributed by atoms with Crippen LogP contribution < -0.4 is 4.74 Å². The molecule has 0 saturated heterocycles. The predicted molar refractivity (Wildman–Crippen MR) is 190 cm³/mol. The predicted octanol–water partition coefficient (Wildman–Crippen LogP) is 10.6. The van der Waals surface area contributed by atoms with Gasteiger partial charge >= 0.3 is 0 Å². The van der Waals surface area contributed by atoms with Crippen LogP contribution in [0.5, 0.6) is 11.5 Å². The van der Waals surface area contributed by atoms with Crippen molar-refractivity contribution in [3.05, 3.63) is 131 Å². The lowest BCUT2D eigenvalue weighted by molar-refractivity contribution is 0.411. The highest BCUT2D eigenvalue weighted by molar-refractivity contribution is 6.09. The Balaban J connectivity index is 1.32. The minimum absolute atomic E-state index is 0.203. The Morgan fingerprint density at radius 3 is 2.26 bits per heavy atom. The van der Waals surface area contributed by atoms with E-state index < -0.39 is 0 Å². The molecule has 46 heavy (non-hydrogen) atoms. The van der Waals surface area contributed by atoms with Crippen molar-refractivity contribution < 1.29 is 4.74 Å². The number of hydrogen-bond acceptors (Lipinski definition) is 3. The van der Waals surface area contributed by atoms with Gasteiger partial charge in [-0.15, -0.1) is 0 Å². The maximum absolute atomic E-state index is 6.62. The normalized spacial score (nSPS) is 11.9.